The fourth-order valence-corrected chi connectivity index (χ4v) is 2.11. The lowest BCUT2D eigenvalue weighted by atomic mass is 10.1. The number of ether oxygens (including phenoxy) is 1. The fourth-order valence-electron chi connectivity index (χ4n) is 1.93. The molecule has 1 unspecified atom stereocenters. The van der Waals surface area contributed by atoms with Gasteiger partial charge >= 0.3 is 5.69 Å². The Morgan fingerprint density at radius 3 is 2.77 bits per heavy atom. The molecule has 1 heterocycles. The zero-order valence-electron chi connectivity index (χ0n) is 12.1. The molecule has 2 rings (SSSR count). The maximum Gasteiger partial charge on any atom is 0.329 e. The number of nitrogens with one attached hydrogen (secondary N) is 2. The van der Waals surface area contributed by atoms with Crippen molar-refractivity contribution in [3.8, 4) is 5.75 Å². The van der Waals surface area contributed by atoms with E-state index >= 15 is 0 Å². The highest BCUT2D eigenvalue weighted by molar-refractivity contribution is 6.30. The van der Waals surface area contributed by atoms with Gasteiger partial charge in [-0.25, -0.2) is 4.79 Å². The molecule has 0 fully saturated rings. The Hall–Kier alpha value is -2.25. The van der Waals surface area contributed by atoms with Crippen LogP contribution in [0.3, 0.4) is 0 Å². The second-order valence-corrected chi connectivity index (χ2v) is 5.10. The number of aromatic amines is 1. The molecule has 0 aliphatic heterocycles. The summed E-state index contributed by atoms with van der Waals surface area (Å²) < 4.78 is 6.12. The van der Waals surface area contributed by atoms with Gasteiger partial charge in [0.15, 0.2) is 0 Å². The minimum Gasteiger partial charge on any atom is -0.496 e. The topological polar surface area (TPSA) is 96.3 Å². The maximum absolute atomic E-state index is 11.5. The number of methoxy groups -OCH3 is 1. The van der Waals surface area contributed by atoms with Crippen LogP contribution in [0.25, 0.3) is 0 Å². The minimum absolute atomic E-state index is 0.0693. The van der Waals surface area contributed by atoms with Crippen molar-refractivity contribution >= 4 is 17.4 Å². The van der Waals surface area contributed by atoms with E-state index in [1.807, 2.05) is 0 Å². The van der Waals surface area contributed by atoms with Gasteiger partial charge in [-0.3, -0.25) is 14.3 Å². The molecule has 0 bridgehead atoms. The molecule has 0 saturated carbocycles. The van der Waals surface area contributed by atoms with Crippen LogP contribution in [0.15, 0.2) is 33.9 Å². The van der Waals surface area contributed by atoms with Crippen molar-refractivity contribution < 1.29 is 9.84 Å². The van der Waals surface area contributed by atoms with Crippen molar-refractivity contribution in [1.82, 2.24) is 9.55 Å². The van der Waals surface area contributed by atoms with Gasteiger partial charge < -0.3 is 15.2 Å². The van der Waals surface area contributed by atoms with Crippen molar-refractivity contribution in [3.05, 3.63) is 55.7 Å². The van der Waals surface area contributed by atoms with Crippen LogP contribution in [0.5, 0.6) is 5.75 Å². The van der Waals surface area contributed by atoms with Crippen LogP contribution < -0.4 is 21.3 Å². The van der Waals surface area contributed by atoms with Gasteiger partial charge in [0.25, 0.3) is 5.56 Å². The number of aliphatic hydroxyl groups is 1. The van der Waals surface area contributed by atoms with E-state index in [9.17, 15) is 14.7 Å². The van der Waals surface area contributed by atoms with E-state index in [4.69, 9.17) is 16.3 Å². The molecule has 0 radical (unpaired) electrons. The van der Waals surface area contributed by atoms with Crippen molar-refractivity contribution in [2.45, 2.75) is 6.10 Å². The first-order chi connectivity index (χ1) is 10.4. The highest BCUT2D eigenvalue weighted by Gasteiger charge is 2.14. The van der Waals surface area contributed by atoms with E-state index in [1.165, 1.54) is 20.2 Å². The SMILES string of the molecule is COc1ccc(Cl)cc1C(O)CNc1cc(=O)n(C)c(=O)[nH]1. The van der Waals surface area contributed by atoms with E-state index in [0.717, 1.165) is 4.57 Å². The number of anilines is 1. The summed E-state index contributed by atoms with van der Waals surface area (Å²) in [5.74, 6) is 0.726. The molecule has 3 N–H and O–H groups in total. The number of hydrogen-bond acceptors (Lipinski definition) is 5. The largest absolute Gasteiger partial charge is 0.496 e. The molecule has 0 aliphatic rings. The van der Waals surface area contributed by atoms with Crippen molar-refractivity contribution in [2.24, 2.45) is 7.05 Å². The van der Waals surface area contributed by atoms with Gasteiger partial charge in [-0.1, -0.05) is 11.6 Å². The predicted octanol–water partition coefficient (Wildman–Crippen LogP) is 0.881. The van der Waals surface area contributed by atoms with Gasteiger partial charge in [-0.2, -0.15) is 0 Å². The first kappa shape index (κ1) is 16.1. The van der Waals surface area contributed by atoms with Crippen LogP contribution in [0, 0.1) is 0 Å². The third-order valence-corrected chi connectivity index (χ3v) is 3.42. The fraction of sp³-hybridized carbons (Fsp3) is 0.286. The van der Waals surface area contributed by atoms with Gasteiger partial charge in [0.05, 0.1) is 13.2 Å². The molecule has 0 saturated heterocycles. The molecule has 0 aliphatic carbocycles. The van der Waals surface area contributed by atoms with E-state index in [-0.39, 0.29) is 12.4 Å². The molecular weight excluding hydrogens is 310 g/mol. The van der Waals surface area contributed by atoms with Crippen LogP contribution in [-0.4, -0.2) is 28.3 Å². The third-order valence-electron chi connectivity index (χ3n) is 3.18. The second kappa shape index (κ2) is 6.67. The summed E-state index contributed by atoms with van der Waals surface area (Å²) in [6.07, 6.45) is -0.929. The number of aliphatic hydroxyl groups excluding tert-OH is 1. The van der Waals surface area contributed by atoms with Crippen LogP contribution in [0.1, 0.15) is 11.7 Å². The number of benzene rings is 1. The highest BCUT2D eigenvalue weighted by Crippen LogP contribution is 2.28. The molecule has 0 spiro atoms. The highest BCUT2D eigenvalue weighted by atomic mass is 35.5. The Kier molecular flexibility index (Phi) is 4.89. The number of halogens is 1. The number of hydrogen-bond donors (Lipinski definition) is 3. The summed E-state index contributed by atoms with van der Waals surface area (Å²) in [6, 6.07) is 6.15. The molecular formula is C14H16ClN3O4. The monoisotopic (exact) mass is 325 g/mol. The number of aromatic nitrogens is 2. The maximum atomic E-state index is 11.5. The number of rotatable bonds is 5. The normalized spacial score (nSPS) is 12.0. The van der Waals surface area contributed by atoms with Crippen molar-refractivity contribution in [3.63, 3.8) is 0 Å². The molecule has 0 amide bonds. The Balaban J connectivity index is 2.17. The lowest BCUT2D eigenvalue weighted by Gasteiger charge is -2.16. The Morgan fingerprint density at radius 1 is 1.41 bits per heavy atom. The third kappa shape index (κ3) is 3.49. The van der Waals surface area contributed by atoms with Crippen LogP contribution in [0.2, 0.25) is 5.02 Å². The molecule has 2 aromatic rings. The molecule has 1 aromatic heterocycles. The Morgan fingerprint density at radius 2 is 2.14 bits per heavy atom. The summed E-state index contributed by atoms with van der Waals surface area (Å²) in [4.78, 5) is 25.5. The second-order valence-electron chi connectivity index (χ2n) is 4.67. The van der Waals surface area contributed by atoms with Gasteiger partial charge in [0.2, 0.25) is 0 Å². The summed E-state index contributed by atoms with van der Waals surface area (Å²) >= 11 is 5.92. The van der Waals surface area contributed by atoms with E-state index in [2.05, 4.69) is 10.3 Å². The van der Waals surface area contributed by atoms with E-state index in [0.29, 0.717) is 16.3 Å². The van der Waals surface area contributed by atoms with Crippen molar-refractivity contribution in [1.29, 1.82) is 0 Å². The lowest BCUT2D eigenvalue weighted by Crippen LogP contribution is -2.33. The first-order valence-corrected chi connectivity index (χ1v) is 6.86. The Labute approximate surface area is 131 Å². The van der Waals surface area contributed by atoms with Crippen molar-refractivity contribution in [2.75, 3.05) is 19.0 Å². The van der Waals surface area contributed by atoms with Gasteiger partial charge in [0, 0.05) is 30.2 Å². The van der Waals surface area contributed by atoms with Crippen LogP contribution in [-0.2, 0) is 7.05 Å². The molecule has 1 atom stereocenters. The van der Waals surface area contributed by atoms with Gasteiger partial charge in [-0.15, -0.1) is 0 Å². The molecule has 1 aromatic carbocycles. The Bertz CT molecular complexity index is 753. The lowest BCUT2D eigenvalue weighted by molar-refractivity contribution is 0.187. The number of H-pyrrole nitrogens is 1. The summed E-state index contributed by atoms with van der Waals surface area (Å²) in [6.45, 7) is 0.0693. The van der Waals surface area contributed by atoms with Crippen LogP contribution in [0.4, 0.5) is 5.82 Å². The predicted molar refractivity (Wildman–Crippen MR) is 83.8 cm³/mol. The molecule has 22 heavy (non-hydrogen) atoms. The van der Waals surface area contributed by atoms with Crippen LogP contribution >= 0.6 is 11.6 Å². The smallest absolute Gasteiger partial charge is 0.329 e. The number of nitrogens with zero attached hydrogens (tertiary/aromatic N) is 1. The average molecular weight is 326 g/mol. The standard InChI is InChI=1S/C14H16ClN3O4/c1-18-13(20)6-12(17-14(18)21)16-7-10(19)9-5-8(15)3-4-11(9)22-2/h3-6,10,16,19H,7H2,1-2H3,(H,17,21). The summed E-state index contributed by atoms with van der Waals surface area (Å²) in [5.41, 5.74) is -0.473. The zero-order chi connectivity index (χ0) is 16.3. The quantitative estimate of drug-likeness (QED) is 0.758. The minimum atomic E-state index is -0.929. The summed E-state index contributed by atoms with van der Waals surface area (Å²) in [5, 5.41) is 13.5. The van der Waals surface area contributed by atoms with Gasteiger partial charge in [-0.05, 0) is 18.2 Å². The zero-order valence-corrected chi connectivity index (χ0v) is 12.8. The first-order valence-electron chi connectivity index (χ1n) is 6.48. The van der Waals surface area contributed by atoms with E-state index < -0.39 is 17.4 Å². The van der Waals surface area contributed by atoms with Gasteiger partial charge in [0.1, 0.15) is 11.6 Å². The van der Waals surface area contributed by atoms with E-state index in [1.54, 1.807) is 18.2 Å². The molecule has 8 heteroatoms. The summed E-state index contributed by atoms with van der Waals surface area (Å²) in [7, 11) is 2.86. The molecule has 118 valence electrons. The molecule has 7 nitrogen and oxygen atoms in total. The average Bonchev–Trinajstić information content (AvgIpc) is 2.50.